The molecule has 0 amide bonds. The van der Waals surface area contributed by atoms with Gasteiger partial charge < -0.3 is 4.42 Å². The van der Waals surface area contributed by atoms with Crippen LogP contribution in [0.5, 0.6) is 0 Å². The minimum atomic E-state index is 0.956. The maximum absolute atomic E-state index is 5.12. The van der Waals surface area contributed by atoms with Crippen molar-refractivity contribution in [1.29, 1.82) is 0 Å². The van der Waals surface area contributed by atoms with Gasteiger partial charge in [0.05, 0.1) is 6.26 Å². The summed E-state index contributed by atoms with van der Waals surface area (Å²) in [4.78, 5) is 0. The first-order valence-electron chi connectivity index (χ1n) is 5.09. The topological polar surface area (TPSA) is 13.1 Å². The molecule has 0 saturated heterocycles. The Morgan fingerprint density at radius 2 is 1.29 bits per heavy atom. The summed E-state index contributed by atoms with van der Waals surface area (Å²) in [7, 11) is 0. The molecule has 0 radical (unpaired) electrons. The van der Waals surface area contributed by atoms with Crippen molar-refractivity contribution in [1.82, 2.24) is 0 Å². The molecule has 17 heavy (non-hydrogen) atoms. The SMILES string of the molecule is Brc1ccccc1Br.c1ccc2occc2c1. The average Bonchev–Trinajstić information content (AvgIpc) is 2.82. The average molecular weight is 354 g/mol. The van der Waals surface area contributed by atoms with E-state index in [9.17, 15) is 0 Å². The molecule has 0 unspecified atom stereocenters. The van der Waals surface area contributed by atoms with Crippen LogP contribution in [0.3, 0.4) is 0 Å². The standard InChI is InChI=1S/C8H6O.C6H4Br2/c1-2-4-8-7(3-1)5-6-9-8;7-5-3-1-2-4-6(5)8/h1-6H;1-4H. The van der Waals surface area contributed by atoms with Gasteiger partial charge >= 0.3 is 0 Å². The van der Waals surface area contributed by atoms with Crippen LogP contribution in [0.25, 0.3) is 11.0 Å². The van der Waals surface area contributed by atoms with E-state index in [1.165, 1.54) is 0 Å². The van der Waals surface area contributed by atoms with Crippen LogP contribution < -0.4 is 0 Å². The predicted octanol–water partition coefficient (Wildman–Crippen LogP) is 5.64. The van der Waals surface area contributed by atoms with Gasteiger partial charge in [0.2, 0.25) is 0 Å². The van der Waals surface area contributed by atoms with Crippen LogP contribution in [0.4, 0.5) is 0 Å². The lowest BCUT2D eigenvalue weighted by Gasteiger charge is -1.89. The zero-order valence-corrected chi connectivity index (χ0v) is 12.1. The third kappa shape index (κ3) is 3.45. The quantitative estimate of drug-likeness (QED) is 0.509. The van der Waals surface area contributed by atoms with Crippen LogP contribution in [-0.2, 0) is 0 Å². The smallest absolute Gasteiger partial charge is 0.133 e. The molecule has 0 atom stereocenters. The molecule has 2 aromatic carbocycles. The maximum Gasteiger partial charge on any atom is 0.133 e. The van der Waals surface area contributed by atoms with Crippen molar-refractivity contribution >= 4 is 42.8 Å². The van der Waals surface area contributed by atoms with Crippen LogP contribution in [-0.4, -0.2) is 0 Å². The van der Waals surface area contributed by atoms with E-state index in [0.717, 1.165) is 19.9 Å². The van der Waals surface area contributed by atoms with Crippen LogP contribution in [0.15, 0.2) is 74.2 Å². The second-order valence-electron chi connectivity index (χ2n) is 3.37. The fourth-order valence-corrected chi connectivity index (χ4v) is 1.92. The van der Waals surface area contributed by atoms with E-state index in [1.807, 2.05) is 54.6 Å². The molecule has 0 aliphatic rings. The third-order valence-corrected chi connectivity index (χ3v) is 4.10. The highest BCUT2D eigenvalue weighted by molar-refractivity contribution is 9.13. The van der Waals surface area contributed by atoms with Gasteiger partial charge in [0.15, 0.2) is 0 Å². The summed E-state index contributed by atoms with van der Waals surface area (Å²) in [6, 6.07) is 17.8. The molecule has 3 heteroatoms. The highest BCUT2D eigenvalue weighted by Gasteiger charge is 1.89. The van der Waals surface area contributed by atoms with Gasteiger partial charge in [-0.05, 0) is 56.1 Å². The lowest BCUT2D eigenvalue weighted by molar-refractivity contribution is 0.616. The van der Waals surface area contributed by atoms with Crippen LogP contribution in [0.2, 0.25) is 0 Å². The molecule has 0 aliphatic heterocycles. The van der Waals surface area contributed by atoms with E-state index >= 15 is 0 Å². The maximum atomic E-state index is 5.12. The van der Waals surface area contributed by atoms with Gasteiger partial charge in [-0.1, -0.05) is 30.3 Å². The second-order valence-corrected chi connectivity index (χ2v) is 5.08. The molecular formula is C14H10Br2O. The summed E-state index contributed by atoms with van der Waals surface area (Å²) < 4.78 is 7.31. The number of rotatable bonds is 0. The van der Waals surface area contributed by atoms with Gasteiger partial charge in [0.25, 0.3) is 0 Å². The number of fused-ring (bicyclic) bond motifs is 1. The zero-order valence-electron chi connectivity index (χ0n) is 8.94. The van der Waals surface area contributed by atoms with Crippen molar-refractivity contribution in [3.63, 3.8) is 0 Å². The zero-order chi connectivity index (χ0) is 12.1. The van der Waals surface area contributed by atoms with E-state index < -0.39 is 0 Å². The monoisotopic (exact) mass is 352 g/mol. The fraction of sp³-hybridized carbons (Fsp3) is 0. The van der Waals surface area contributed by atoms with Crippen LogP contribution >= 0.6 is 31.9 Å². The minimum Gasteiger partial charge on any atom is -0.464 e. The number of halogens is 2. The van der Waals surface area contributed by atoms with Gasteiger partial charge in [0.1, 0.15) is 5.58 Å². The molecule has 3 aromatic rings. The number of para-hydroxylation sites is 1. The molecular weight excluding hydrogens is 344 g/mol. The van der Waals surface area contributed by atoms with Crippen molar-refractivity contribution in [2.75, 3.05) is 0 Å². The van der Waals surface area contributed by atoms with Crippen LogP contribution in [0, 0.1) is 0 Å². The Hall–Kier alpha value is -1.06. The van der Waals surface area contributed by atoms with E-state index in [0.29, 0.717) is 0 Å². The summed E-state index contributed by atoms with van der Waals surface area (Å²) in [5, 5.41) is 1.16. The fourth-order valence-electron chi connectivity index (χ4n) is 1.35. The lowest BCUT2D eigenvalue weighted by Crippen LogP contribution is -1.63. The van der Waals surface area contributed by atoms with Crippen molar-refractivity contribution in [2.24, 2.45) is 0 Å². The number of hydrogen-bond acceptors (Lipinski definition) is 1. The van der Waals surface area contributed by atoms with Gasteiger partial charge in [0, 0.05) is 14.3 Å². The molecule has 1 nitrogen and oxygen atoms in total. The largest absolute Gasteiger partial charge is 0.464 e. The van der Waals surface area contributed by atoms with Gasteiger partial charge in [-0.15, -0.1) is 0 Å². The first-order valence-corrected chi connectivity index (χ1v) is 6.68. The van der Waals surface area contributed by atoms with Crippen molar-refractivity contribution < 1.29 is 4.42 Å². The number of furan rings is 1. The Morgan fingerprint density at radius 3 is 1.88 bits per heavy atom. The summed E-state index contributed by atoms with van der Waals surface area (Å²) in [6.45, 7) is 0. The molecule has 0 saturated carbocycles. The van der Waals surface area contributed by atoms with Crippen LogP contribution in [0.1, 0.15) is 0 Å². The molecule has 0 spiro atoms. The predicted molar refractivity (Wildman–Crippen MR) is 78.1 cm³/mol. The highest BCUT2D eigenvalue weighted by Crippen LogP contribution is 2.20. The van der Waals surface area contributed by atoms with Gasteiger partial charge in [-0.25, -0.2) is 0 Å². The molecule has 1 heterocycles. The molecule has 0 aliphatic carbocycles. The number of hydrogen-bond donors (Lipinski definition) is 0. The Labute approximate surface area is 117 Å². The summed E-state index contributed by atoms with van der Waals surface area (Å²) in [6.07, 6.45) is 1.70. The van der Waals surface area contributed by atoms with Crippen molar-refractivity contribution in [3.05, 3.63) is 69.8 Å². The Morgan fingerprint density at radius 1 is 0.706 bits per heavy atom. The Bertz CT molecular complexity index is 550. The Kier molecular flexibility index (Phi) is 4.40. The summed E-state index contributed by atoms with van der Waals surface area (Å²) in [5.41, 5.74) is 0.956. The molecule has 1 aromatic heterocycles. The summed E-state index contributed by atoms with van der Waals surface area (Å²) in [5.74, 6) is 0. The Balaban J connectivity index is 0.000000128. The number of benzene rings is 2. The first kappa shape index (κ1) is 12.4. The highest BCUT2D eigenvalue weighted by atomic mass is 79.9. The van der Waals surface area contributed by atoms with Crippen molar-refractivity contribution in [3.8, 4) is 0 Å². The summed E-state index contributed by atoms with van der Waals surface area (Å²) >= 11 is 6.70. The van der Waals surface area contributed by atoms with Gasteiger partial charge in [-0.2, -0.15) is 0 Å². The normalized spacial score (nSPS) is 9.76. The molecule has 0 bridgehead atoms. The van der Waals surface area contributed by atoms with E-state index in [2.05, 4.69) is 31.9 Å². The van der Waals surface area contributed by atoms with Crippen molar-refractivity contribution in [2.45, 2.75) is 0 Å². The molecule has 0 fully saturated rings. The lowest BCUT2D eigenvalue weighted by atomic mass is 10.3. The first-order chi connectivity index (χ1) is 8.27. The molecule has 0 N–H and O–H groups in total. The van der Waals surface area contributed by atoms with E-state index in [-0.39, 0.29) is 0 Å². The molecule has 86 valence electrons. The van der Waals surface area contributed by atoms with E-state index in [4.69, 9.17) is 4.42 Å². The second kappa shape index (κ2) is 6.03. The minimum absolute atomic E-state index is 0.956. The third-order valence-electron chi connectivity index (χ3n) is 2.19. The van der Waals surface area contributed by atoms with Gasteiger partial charge in [-0.3, -0.25) is 0 Å². The van der Waals surface area contributed by atoms with E-state index in [1.54, 1.807) is 6.26 Å². The molecule has 3 rings (SSSR count).